The van der Waals surface area contributed by atoms with Crippen LogP contribution in [0.2, 0.25) is 0 Å². The second-order valence-electron chi connectivity index (χ2n) is 5.18. The molecule has 0 aliphatic carbocycles. The molecule has 3 aromatic heterocycles. The van der Waals surface area contributed by atoms with Gasteiger partial charge >= 0.3 is 0 Å². The number of rotatable bonds is 2. The van der Waals surface area contributed by atoms with Gasteiger partial charge in [0.2, 0.25) is 0 Å². The predicted octanol–water partition coefficient (Wildman–Crippen LogP) is 1.84. The second kappa shape index (κ2) is 4.99. The summed E-state index contributed by atoms with van der Waals surface area (Å²) in [4.78, 5) is 16.1. The minimum absolute atomic E-state index is 0.217. The predicted molar refractivity (Wildman–Crippen MR) is 84.4 cm³/mol. The standard InChI is InChI=1S/C16H12FN5O/c17-10-3-4-22-14(8-19-15(22)6-10)9-1-2-11-12(5-9)13(7-18)20-21-16(11)23/h1-6,8H,7,18H2,(H,21,23). The molecule has 0 saturated heterocycles. The highest BCUT2D eigenvalue weighted by molar-refractivity contribution is 5.88. The number of aromatic amines is 1. The Labute approximate surface area is 129 Å². The van der Waals surface area contributed by atoms with E-state index >= 15 is 0 Å². The summed E-state index contributed by atoms with van der Waals surface area (Å²) in [5.41, 5.74) is 8.21. The van der Waals surface area contributed by atoms with Crippen molar-refractivity contribution in [1.29, 1.82) is 0 Å². The Hall–Kier alpha value is -3.06. The smallest absolute Gasteiger partial charge is 0.272 e. The fraction of sp³-hybridized carbons (Fsp3) is 0.0625. The quantitative estimate of drug-likeness (QED) is 0.591. The van der Waals surface area contributed by atoms with Crippen molar-refractivity contribution in [2.24, 2.45) is 5.73 Å². The van der Waals surface area contributed by atoms with E-state index in [1.54, 1.807) is 22.9 Å². The van der Waals surface area contributed by atoms with Crippen molar-refractivity contribution >= 4 is 16.4 Å². The van der Waals surface area contributed by atoms with Crippen LogP contribution >= 0.6 is 0 Å². The second-order valence-corrected chi connectivity index (χ2v) is 5.18. The average Bonchev–Trinajstić information content (AvgIpc) is 2.98. The summed E-state index contributed by atoms with van der Waals surface area (Å²) in [7, 11) is 0. The van der Waals surface area contributed by atoms with Crippen molar-refractivity contribution < 1.29 is 4.39 Å². The maximum absolute atomic E-state index is 13.3. The Morgan fingerprint density at radius 2 is 2.09 bits per heavy atom. The van der Waals surface area contributed by atoms with Crippen LogP contribution in [-0.2, 0) is 6.54 Å². The van der Waals surface area contributed by atoms with Crippen LogP contribution in [-0.4, -0.2) is 19.6 Å². The van der Waals surface area contributed by atoms with E-state index in [9.17, 15) is 9.18 Å². The highest BCUT2D eigenvalue weighted by Gasteiger charge is 2.10. The molecule has 0 aliphatic rings. The number of nitrogens with two attached hydrogens (primary N) is 1. The van der Waals surface area contributed by atoms with Gasteiger partial charge < -0.3 is 5.73 Å². The van der Waals surface area contributed by atoms with Gasteiger partial charge in [-0.3, -0.25) is 9.20 Å². The third-order valence-electron chi connectivity index (χ3n) is 3.83. The molecule has 6 nitrogen and oxygen atoms in total. The van der Waals surface area contributed by atoms with Crippen LogP contribution in [0, 0.1) is 5.82 Å². The third-order valence-corrected chi connectivity index (χ3v) is 3.83. The number of pyridine rings is 1. The maximum Gasteiger partial charge on any atom is 0.272 e. The van der Waals surface area contributed by atoms with E-state index in [0.29, 0.717) is 22.1 Å². The van der Waals surface area contributed by atoms with Crippen LogP contribution in [0.25, 0.3) is 27.7 Å². The first-order valence-electron chi connectivity index (χ1n) is 7.02. The van der Waals surface area contributed by atoms with Gasteiger partial charge in [-0.15, -0.1) is 0 Å². The lowest BCUT2D eigenvalue weighted by Gasteiger charge is -2.06. The highest BCUT2D eigenvalue weighted by atomic mass is 19.1. The van der Waals surface area contributed by atoms with Crippen molar-refractivity contribution in [3.05, 3.63) is 64.6 Å². The monoisotopic (exact) mass is 309 g/mol. The lowest BCUT2D eigenvalue weighted by Crippen LogP contribution is -2.13. The molecule has 0 bridgehead atoms. The number of nitrogens with one attached hydrogen (secondary N) is 1. The summed E-state index contributed by atoms with van der Waals surface area (Å²) in [6.07, 6.45) is 3.29. The molecule has 0 fully saturated rings. The topological polar surface area (TPSA) is 89.1 Å². The van der Waals surface area contributed by atoms with E-state index in [-0.39, 0.29) is 17.9 Å². The summed E-state index contributed by atoms with van der Waals surface area (Å²) < 4.78 is 15.1. The van der Waals surface area contributed by atoms with Crippen LogP contribution in [0.4, 0.5) is 4.39 Å². The molecular formula is C16H12FN5O. The Morgan fingerprint density at radius 1 is 1.22 bits per heavy atom. The van der Waals surface area contributed by atoms with Crippen molar-refractivity contribution in [3.63, 3.8) is 0 Å². The largest absolute Gasteiger partial charge is 0.325 e. The molecule has 0 spiro atoms. The van der Waals surface area contributed by atoms with E-state index in [2.05, 4.69) is 15.2 Å². The number of benzene rings is 1. The molecule has 3 heterocycles. The lowest BCUT2D eigenvalue weighted by atomic mass is 10.1. The van der Waals surface area contributed by atoms with E-state index < -0.39 is 0 Å². The van der Waals surface area contributed by atoms with Crippen LogP contribution in [0.3, 0.4) is 0 Å². The molecule has 3 N–H and O–H groups in total. The van der Waals surface area contributed by atoms with E-state index in [1.165, 1.54) is 12.1 Å². The Morgan fingerprint density at radius 3 is 2.91 bits per heavy atom. The number of fused-ring (bicyclic) bond motifs is 2. The van der Waals surface area contributed by atoms with Gasteiger partial charge in [0.05, 0.1) is 23.0 Å². The first kappa shape index (κ1) is 13.6. The molecule has 23 heavy (non-hydrogen) atoms. The molecule has 0 unspecified atom stereocenters. The number of H-pyrrole nitrogens is 1. The van der Waals surface area contributed by atoms with Crippen LogP contribution in [0.1, 0.15) is 5.69 Å². The van der Waals surface area contributed by atoms with Crippen molar-refractivity contribution in [2.75, 3.05) is 0 Å². The third kappa shape index (κ3) is 2.09. The summed E-state index contributed by atoms with van der Waals surface area (Å²) in [5.74, 6) is -0.339. The van der Waals surface area contributed by atoms with Gasteiger partial charge in [0.1, 0.15) is 11.5 Å². The van der Waals surface area contributed by atoms with Gasteiger partial charge in [0.15, 0.2) is 0 Å². The number of hydrogen-bond acceptors (Lipinski definition) is 4. The van der Waals surface area contributed by atoms with Crippen LogP contribution < -0.4 is 11.3 Å². The molecule has 114 valence electrons. The fourth-order valence-electron chi connectivity index (χ4n) is 2.70. The van der Waals surface area contributed by atoms with E-state index in [4.69, 9.17) is 5.73 Å². The molecule has 4 rings (SSSR count). The number of imidazole rings is 1. The fourth-order valence-corrected chi connectivity index (χ4v) is 2.70. The summed E-state index contributed by atoms with van der Waals surface area (Å²) >= 11 is 0. The summed E-state index contributed by atoms with van der Waals surface area (Å²) in [6.45, 7) is 0.217. The number of nitrogens with zero attached hydrogens (tertiary/aromatic N) is 3. The first-order chi connectivity index (χ1) is 11.2. The molecule has 0 atom stereocenters. The summed E-state index contributed by atoms with van der Waals surface area (Å²) in [6, 6.07) is 8.14. The zero-order chi connectivity index (χ0) is 16.0. The molecular weight excluding hydrogens is 297 g/mol. The Kier molecular flexibility index (Phi) is 2.95. The molecule has 1 aromatic carbocycles. The lowest BCUT2D eigenvalue weighted by molar-refractivity contribution is 0.626. The van der Waals surface area contributed by atoms with Crippen LogP contribution in [0.15, 0.2) is 47.5 Å². The van der Waals surface area contributed by atoms with E-state index in [1.807, 2.05) is 12.1 Å². The first-order valence-corrected chi connectivity index (χ1v) is 7.02. The van der Waals surface area contributed by atoms with Gasteiger partial charge in [0, 0.05) is 29.8 Å². The number of aromatic nitrogens is 4. The van der Waals surface area contributed by atoms with Gasteiger partial charge in [-0.1, -0.05) is 6.07 Å². The molecule has 7 heteroatoms. The minimum Gasteiger partial charge on any atom is -0.325 e. The van der Waals surface area contributed by atoms with Crippen molar-refractivity contribution in [1.82, 2.24) is 19.6 Å². The maximum atomic E-state index is 13.3. The van der Waals surface area contributed by atoms with E-state index in [0.717, 1.165) is 11.3 Å². The zero-order valence-electron chi connectivity index (χ0n) is 12.0. The van der Waals surface area contributed by atoms with Gasteiger partial charge in [-0.05, 0) is 18.2 Å². The number of hydrogen-bond donors (Lipinski definition) is 2. The van der Waals surface area contributed by atoms with Crippen LogP contribution in [0.5, 0.6) is 0 Å². The average molecular weight is 309 g/mol. The minimum atomic E-state index is -0.339. The normalized spacial score (nSPS) is 11.4. The zero-order valence-corrected chi connectivity index (χ0v) is 12.0. The van der Waals surface area contributed by atoms with Gasteiger partial charge in [-0.2, -0.15) is 5.10 Å². The molecule has 0 saturated carbocycles. The Bertz CT molecular complexity index is 1100. The molecule has 4 aromatic rings. The van der Waals surface area contributed by atoms with Gasteiger partial charge in [-0.25, -0.2) is 14.5 Å². The SMILES string of the molecule is NCc1n[nH]c(=O)c2ccc(-c3cnc4cc(F)ccn34)cc12. The van der Waals surface area contributed by atoms with Gasteiger partial charge in [0.25, 0.3) is 5.56 Å². The van der Waals surface area contributed by atoms with Crippen molar-refractivity contribution in [2.45, 2.75) is 6.54 Å². The Balaban J connectivity index is 1.99. The van der Waals surface area contributed by atoms with Crippen molar-refractivity contribution in [3.8, 4) is 11.3 Å². The summed E-state index contributed by atoms with van der Waals surface area (Å²) in [5, 5.41) is 7.66. The highest BCUT2D eigenvalue weighted by Crippen LogP contribution is 2.25. The molecule has 0 radical (unpaired) electrons. The number of halogens is 1. The molecule has 0 aliphatic heterocycles. The molecule has 0 amide bonds.